The van der Waals surface area contributed by atoms with Crippen molar-refractivity contribution >= 4 is 0 Å². The lowest BCUT2D eigenvalue weighted by Gasteiger charge is -2.07. The summed E-state index contributed by atoms with van der Waals surface area (Å²) in [4.78, 5) is 0. The van der Waals surface area contributed by atoms with Gasteiger partial charge in [0.25, 0.3) is 0 Å². The molecule has 0 aliphatic carbocycles. The average Bonchev–Trinajstić information content (AvgIpc) is 1.63. The summed E-state index contributed by atoms with van der Waals surface area (Å²) in [6.45, 7) is 6.25. The van der Waals surface area contributed by atoms with E-state index in [1.807, 2.05) is 14.0 Å². The van der Waals surface area contributed by atoms with Crippen LogP contribution in [-0.4, -0.2) is 24.8 Å². The van der Waals surface area contributed by atoms with E-state index in [0.717, 1.165) is 5.57 Å². The van der Waals surface area contributed by atoms with Gasteiger partial charge in [0.15, 0.2) is 0 Å². The van der Waals surface area contributed by atoms with E-state index in [4.69, 9.17) is 5.11 Å². The molecule has 0 aliphatic heterocycles. The fourth-order valence-electron chi connectivity index (χ4n) is 0.710. The van der Waals surface area contributed by atoms with E-state index in [0.29, 0.717) is 13.0 Å². The molecule has 0 aromatic heterocycles. The van der Waals surface area contributed by atoms with Crippen molar-refractivity contribution in [3.63, 3.8) is 0 Å². The molecule has 0 radical (unpaired) electrons. The Morgan fingerprint density at radius 1 is 1.78 bits per heavy atom. The van der Waals surface area contributed by atoms with E-state index >= 15 is 0 Å². The number of rotatable bonds is 4. The predicted molar refractivity (Wildman–Crippen MR) is 39.4 cm³/mol. The van der Waals surface area contributed by atoms with Gasteiger partial charge in [-0.2, -0.15) is 0 Å². The van der Waals surface area contributed by atoms with Gasteiger partial charge in [0, 0.05) is 6.54 Å². The zero-order chi connectivity index (χ0) is 7.28. The first kappa shape index (κ1) is 8.66. The van der Waals surface area contributed by atoms with Crippen LogP contribution in [0, 0.1) is 0 Å². The fraction of sp³-hybridized carbons (Fsp3) is 0.714. The molecule has 9 heavy (non-hydrogen) atoms. The second-order valence-corrected chi connectivity index (χ2v) is 2.37. The van der Waals surface area contributed by atoms with Crippen LogP contribution in [0.25, 0.3) is 0 Å². The lowest BCUT2D eigenvalue weighted by Crippen LogP contribution is -2.23. The normalized spacial score (nSPS) is 13.2. The Bertz CT molecular complexity index is 90.9. The Labute approximate surface area is 56.6 Å². The summed E-state index contributed by atoms with van der Waals surface area (Å²) in [7, 11) is 1.82. The highest BCUT2D eigenvalue weighted by atomic mass is 16.3. The Morgan fingerprint density at radius 3 is 2.67 bits per heavy atom. The van der Waals surface area contributed by atoms with Crippen molar-refractivity contribution in [1.82, 2.24) is 5.32 Å². The van der Waals surface area contributed by atoms with Crippen molar-refractivity contribution in [1.29, 1.82) is 0 Å². The van der Waals surface area contributed by atoms with Gasteiger partial charge in [0.05, 0.1) is 6.10 Å². The van der Waals surface area contributed by atoms with E-state index in [1.165, 1.54) is 0 Å². The minimum atomic E-state index is -0.271. The molecule has 2 N–H and O–H groups in total. The third kappa shape index (κ3) is 5.53. The number of aliphatic hydroxyl groups excluding tert-OH is 1. The SMILES string of the molecule is C=C(C)CC(O)CNC. The second-order valence-electron chi connectivity index (χ2n) is 2.37. The maximum Gasteiger partial charge on any atom is 0.0701 e. The molecule has 1 unspecified atom stereocenters. The first-order valence-corrected chi connectivity index (χ1v) is 3.14. The predicted octanol–water partition coefficient (Wildman–Crippen LogP) is 0.533. The van der Waals surface area contributed by atoms with Gasteiger partial charge in [0.1, 0.15) is 0 Å². The van der Waals surface area contributed by atoms with E-state index in [9.17, 15) is 0 Å². The highest BCUT2D eigenvalue weighted by molar-refractivity contribution is 4.90. The summed E-state index contributed by atoms with van der Waals surface area (Å²) in [6.07, 6.45) is 0.424. The molecule has 0 rings (SSSR count). The Kier molecular flexibility index (Phi) is 4.36. The molecule has 0 fully saturated rings. The van der Waals surface area contributed by atoms with Crippen LogP contribution in [0.2, 0.25) is 0 Å². The Hall–Kier alpha value is -0.340. The molecule has 0 aliphatic rings. The van der Waals surface area contributed by atoms with Crippen molar-refractivity contribution in [2.45, 2.75) is 19.4 Å². The van der Waals surface area contributed by atoms with E-state index < -0.39 is 0 Å². The molecule has 0 aromatic carbocycles. The smallest absolute Gasteiger partial charge is 0.0701 e. The monoisotopic (exact) mass is 129 g/mol. The lowest BCUT2D eigenvalue weighted by molar-refractivity contribution is 0.175. The number of likely N-dealkylation sites (N-methyl/N-ethyl adjacent to an activating group) is 1. The van der Waals surface area contributed by atoms with Crippen molar-refractivity contribution in [3.05, 3.63) is 12.2 Å². The van der Waals surface area contributed by atoms with Gasteiger partial charge >= 0.3 is 0 Å². The van der Waals surface area contributed by atoms with E-state index in [-0.39, 0.29) is 6.10 Å². The van der Waals surface area contributed by atoms with Gasteiger partial charge in [0.2, 0.25) is 0 Å². The Balaban J connectivity index is 3.26. The molecule has 1 atom stereocenters. The van der Waals surface area contributed by atoms with Crippen molar-refractivity contribution < 1.29 is 5.11 Å². The van der Waals surface area contributed by atoms with Crippen LogP contribution in [0.1, 0.15) is 13.3 Å². The molecule has 2 heteroatoms. The molecule has 0 aromatic rings. The third-order valence-corrected chi connectivity index (χ3v) is 1.02. The first-order valence-electron chi connectivity index (χ1n) is 3.14. The number of nitrogens with one attached hydrogen (secondary N) is 1. The summed E-state index contributed by atoms with van der Waals surface area (Å²) in [5, 5.41) is 12.0. The van der Waals surface area contributed by atoms with Gasteiger partial charge in [-0.05, 0) is 20.4 Å². The maximum absolute atomic E-state index is 9.10. The second kappa shape index (κ2) is 4.53. The van der Waals surface area contributed by atoms with E-state index in [1.54, 1.807) is 0 Å². The minimum Gasteiger partial charge on any atom is -0.391 e. The standard InChI is InChI=1S/C7H15NO/c1-6(2)4-7(9)5-8-3/h7-9H,1,4-5H2,2-3H3. The molecule has 0 bridgehead atoms. The summed E-state index contributed by atoms with van der Waals surface area (Å²) < 4.78 is 0. The van der Waals surface area contributed by atoms with Crippen LogP contribution in [0.15, 0.2) is 12.2 Å². The van der Waals surface area contributed by atoms with Gasteiger partial charge in [-0.1, -0.05) is 5.57 Å². The molecular weight excluding hydrogens is 114 g/mol. The van der Waals surface area contributed by atoms with E-state index in [2.05, 4.69) is 11.9 Å². The maximum atomic E-state index is 9.10. The zero-order valence-electron chi connectivity index (χ0n) is 6.15. The topological polar surface area (TPSA) is 32.3 Å². The molecule has 2 nitrogen and oxygen atoms in total. The molecule has 54 valence electrons. The molecule has 0 heterocycles. The third-order valence-electron chi connectivity index (χ3n) is 1.02. The Morgan fingerprint density at radius 2 is 2.33 bits per heavy atom. The molecule has 0 spiro atoms. The molecule has 0 saturated heterocycles. The highest BCUT2D eigenvalue weighted by Gasteiger charge is 2.00. The molecule has 0 saturated carbocycles. The van der Waals surface area contributed by atoms with Crippen LogP contribution in [0.3, 0.4) is 0 Å². The van der Waals surface area contributed by atoms with Crippen molar-refractivity contribution in [2.75, 3.05) is 13.6 Å². The van der Waals surface area contributed by atoms with Gasteiger partial charge in [-0.3, -0.25) is 0 Å². The van der Waals surface area contributed by atoms with Crippen LogP contribution in [0.4, 0.5) is 0 Å². The molecular formula is C7H15NO. The summed E-state index contributed by atoms with van der Waals surface area (Å²) in [5.74, 6) is 0. The van der Waals surface area contributed by atoms with Crippen LogP contribution < -0.4 is 5.32 Å². The van der Waals surface area contributed by atoms with Gasteiger partial charge in [-0.25, -0.2) is 0 Å². The van der Waals surface area contributed by atoms with Crippen molar-refractivity contribution in [2.24, 2.45) is 0 Å². The zero-order valence-corrected chi connectivity index (χ0v) is 6.15. The van der Waals surface area contributed by atoms with Crippen LogP contribution in [-0.2, 0) is 0 Å². The summed E-state index contributed by atoms with van der Waals surface area (Å²) >= 11 is 0. The number of aliphatic hydroxyl groups is 1. The summed E-state index contributed by atoms with van der Waals surface area (Å²) in [6, 6.07) is 0. The molecule has 0 amide bonds. The highest BCUT2D eigenvalue weighted by Crippen LogP contribution is 1.99. The van der Waals surface area contributed by atoms with Crippen LogP contribution >= 0.6 is 0 Å². The fourth-order valence-corrected chi connectivity index (χ4v) is 0.710. The minimum absolute atomic E-state index is 0.271. The first-order chi connectivity index (χ1) is 4.16. The summed E-state index contributed by atoms with van der Waals surface area (Å²) in [5.41, 5.74) is 1.03. The quantitative estimate of drug-likeness (QED) is 0.543. The van der Waals surface area contributed by atoms with Gasteiger partial charge < -0.3 is 10.4 Å². The largest absolute Gasteiger partial charge is 0.391 e. The van der Waals surface area contributed by atoms with Gasteiger partial charge in [-0.15, -0.1) is 6.58 Å². The number of hydrogen-bond acceptors (Lipinski definition) is 2. The lowest BCUT2D eigenvalue weighted by atomic mass is 10.1. The average molecular weight is 129 g/mol. The number of hydrogen-bond donors (Lipinski definition) is 2. The van der Waals surface area contributed by atoms with Crippen LogP contribution in [0.5, 0.6) is 0 Å². The van der Waals surface area contributed by atoms with Crippen molar-refractivity contribution in [3.8, 4) is 0 Å².